The summed E-state index contributed by atoms with van der Waals surface area (Å²) >= 11 is 0. The van der Waals surface area contributed by atoms with E-state index in [2.05, 4.69) is 5.32 Å². The van der Waals surface area contributed by atoms with E-state index in [1.54, 1.807) is 0 Å². The standard InChI is InChI=1S/C11H8F2N2O2/c12-7-1-2-8(13)9(3-7)15-10(16)11(4-14)5-17-6-11/h1-3H,5-6H2,(H,15,16). The molecule has 0 aliphatic carbocycles. The van der Waals surface area contributed by atoms with Gasteiger partial charge in [-0.2, -0.15) is 5.26 Å². The van der Waals surface area contributed by atoms with E-state index < -0.39 is 23.0 Å². The summed E-state index contributed by atoms with van der Waals surface area (Å²) in [5.74, 6) is -2.11. The zero-order valence-electron chi connectivity index (χ0n) is 8.67. The van der Waals surface area contributed by atoms with Crippen LogP contribution in [0.5, 0.6) is 0 Å². The fourth-order valence-electron chi connectivity index (χ4n) is 1.39. The van der Waals surface area contributed by atoms with Crippen LogP contribution in [0.25, 0.3) is 0 Å². The lowest BCUT2D eigenvalue weighted by Crippen LogP contribution is -2.50. The van der Waals surface area contributed by atoms with Gasteiger partial charge in [0.2, 0.25) is 5.91 Å². The zero-order chi connectivity index (χ0) is 12.5. The number of nitriles is 1. The predicted molar refractivity (Wildman–Crippen MR) is 53.9 cm³/mol. The highest BCUT2D eigenvalue weighted by Crippen LogP contribution is 2.28. The summed E-state index contributed by atoms with van der Waals surface area (Å²) in [5.41, 5.74) is -1.57. The van der Waals surface area contributed by atoms with E-state index in [-0.39, 0.29) is 18.9 Å². The van der Waals surface area contributed by atoms with Gasteiger partial charge in [0.15, 0.2) is 5.41 Å². The Labute approximate surface area is 95.8 Å². The van der Waals surface area contributed by atoms with Crippen LogP contribution in [0.3, 0.4) is 0 Å². The molecule has 1 aromatic rings. The average molecular weight is 238 g/mol. The molecule has 17 heavy (non-hydrogen) atoms. The number of amides is 1. The minimum atomic E-state index is -1.29. The van der Waals surface area contributed by atoms with Gasteiger partial charge in [0.05, 0.1) is 25.0 Å². The van der Waals surface area contributed by atoms with Crippen molar-refractivity contribution in [2.45, 2.75) is 0 Å². The summed E-state index contributed by atoms with van der Waals surface area (Å²) in [6.07, 6.45) is 0. The fourth-order valence-corrected chi connectivity index (χ4v) is 1.39. The maximum Gasteiger partial charge on any atom is 0.249 e. The number of benzene rings is 1. The van der Waals surface area contributed by atoms with Crippen LogP contribution in [0, 0.1) is 28.4 Å². The molecule has 0 radical (unpaired) electrons. The van der Waals surface area contributed by atoms with Crippen molar-refractivity contribution in [2.75, 3.05) is 18.5 Å². The molecule has 1 heterocycles. The molecule has 0 atom stereocenters. The third-order valence-corrected chi connectivity index (χ3v) is 2.52. The van der Waals surface area contributed by atoms with Gasteiger partial charge in [-0.15, -0.1) is 0 Å². The van der Waals surface area contributed by atoms with Crippen molar-refractivity contribution in [3.05, 3.63) is 29.8 Å². The van der Waals surface area contributed by atoms with Crippen molar-refractivity contribution in [3.8, 4) is 6.07 Å². The predicted octanol–water partition coefficient (Wildman–Crippen LogP) is 1.44. The molecule has 0 aromatic heterocycles. The van der Waals surface area contributed by atoms with Crippen molar-refractivity contribution in [1.82, 2.24) is 0 Å². The first-order valence-corrected chi connectivity index (χ1v) is 4.83. The summed E-state index contributed by atoms with van der Waals surface area (Å²) in [4.78, 5) is 11.7. The Morgan fingerprint density at radius 3 is 2.71 bits per heavy atom. The van der Waals surface area contributed by atoms with E-state index in [0.29, 0.717) is 0 Å². The fraction of sp³-hybridized carbons (Fsp3) is 0.273. The van der Waals surface area contributed by atoms with Gasteiger partial charge in [-0.3, -0.25) is 4.79 Å². The molecule has 1 fully saturated rings. The Kier molecular flexibility index (Phi) is 2.77. The lowest BCUT2D eigenvalue weighted by molar-refractivity contribution is -0.144. The van der Waals surface area contributed by atoms with Crippen molar-refractivity contribution >= 4 is 11.6 Å². The molecule has 0 spiro atoms. The van der Waals surface area contributed by atoms with Crippen LogP contribution in [-0.4, -0.2) is 19.1 Å². The first kappa shape index (κ1) is 11.5. The molecule has 0 saturated carbocycles. The second kappa shape index (κ2) is 4.11. The lowest BCUT2D eigenvalue weighted by atomic mass is 9.87. The first-order chi connectivity index (χ1) is 8.07. The van der Waals surface area contributed by atoms with Crippen molar-refractivity contribution in [3.63, 3.8) is 0 Å². The smallest absolute Gasteiger partial charge is 0.249 e. The maximum absolute atomic E-state index is 13.2. The molecular weight excluding hydrogens is 230 g/mol. The van der Waals surface area contributed by atoms with Gasteiger partial charge < -0.3 is 10.1 Å². The Morgan fingerprint density at radius 2 is 2.18 bits per heavy atom. The SMILES string of the molecule is N#CC1(C(=O)Nc2cc(F)ccc2F)COC1. The molecule has 88 valence electrons. The van der Waals surface area contributed by atoms with Gasteiger partial charge in [0.1, 0.15) is 11.6 Å². The second-order valence-electron chi connectivity index (χ2n) is 3.77. The summed E-state index contributed by atoms with van der Waals surface area (Å²) < 4.78 is 30.9. The van der Waals surface area contributed by atoms with Crippen molar-refractivity contribution in [1.29, 1.82) is 5.26 Å². The number of nitrogens with zero attached hydrogens (tertiary/aromatic N) is 1. The van der Waals surface area contributed by atoms with Crippen LogP contribution >= 0.6 is 0 Å². The summed E-state index contributed by atoms with van der Waals surface area (Å²) in [6, 6.07) is 4.52. The summed E-state index contributed by atoms with van der Waals surface area (Å²) in [7, 11) is 0. The van der Waals surface area contributed by atoms with Gasteiger partial charge in [-0.05, 0) is 12.1 Å². The third kappa shape index (κ3) is 1.97. The monoisotopic (exact) mass is 238 g/mol. The van der Waals surface area contributed by atoms with Gasteiger partial charge in [-0.25, -0.2) is 8.78 Å². The highest BCUT2D eigenvalue weighted by Gasteiger charge is 2.46. The molecule has 0 unspecified atom stereocenters. The Bertz CT molecular complexity index is 507. The zero-order valence-corrected chi connectivity index (χ0v) is 8.67. The number of halogens is 2. The molecule has 1 amide bonds. The van der Waals surface area contributed by atoms with Crippen LogP contribution < -0.4 is 5.32 Å². The third-order valence-electron chi connectivity index (χ3n) is 2.52. The van der Waals surface area contributed by atoms with Crippen LogP contribution in [0.1, 0.15) is 0 Å². The number of hydrogen-bond donors (Lipinski definition) is 1. The molecule has 2 rings (SSSR count). The first-order valence-electron chi connectivity index (χ1n) is 4.83. The number of nitrogens with one attached hydrogen (secondary N) is 1. The Hall–Kier alpha value is -2.00. The van der Waals surface area contributed by atoms with Crippen LogP contribution in [-0.2, 0) is 9.53 Å². The van der Waals surface area contributed by atoms with Crippen LogP contribution in [0.4, 0.5) is 14.5 Å². The van der Waals surface area contributed by atoms with Crippen molar-refractivity contribution in [2.24, 2.45) is 5.41 Å². The van der Waals surface area contributed by atoms with Gasteiger partial charge >= 0.3 is 0 Å². The quantitative estimate of drug-likeness (QED) is 0.848. The number of carbonyl (C=O) groups excluding carboxylic acids is 1. The largest absolute Gasteiger partial charge is 0.377 e. The number of anilines is 1. The molecule has 0 bridgehead atoms. The lowest BCUT2D eigenvalue weighted by Gasteiger charge is -2.33. The average Bonchev–Trinajstić information content (AvgIpc) is 2.23. The molecular formula is C11H8F2N2O2. The molecule has 1 aliphatic heterocycles. The second-order valence-corrected chi connectivity index (χ2v) is 3.77. The Morgan fingerprint density at radius 1 is 1.47 bits per heavy atom. The topological polar surface area (TPSA) is 62.1 Å². The van der Waals surface area contributed by atoms with Crippen LogP contribution in [0.2, 0.25) is 0 Å². The van der Waals surface area contributed by atoms with E-state index >= 15 is 0 Å². The van der Waals surface area contributed by atoms with Crippen molar-refractivity contribution < 1.29 is 18.3 Å². The van der Waals surface area contributed by atoms with E-state index in [4.69, 9.17) is 10.00 Å². The molecule has 1 saturated heterocycles. The van der Waals surface area contributed by atoms with E-state index in [0.717, 1.165) is 18.2 Å². The van der Waals surface area contributed by atoms with Gasteiger partial charge in [0, 0.05) is 6.07 Å². The number of rotatable bonds is 2. The molecule has 6 heteroatoms. The highest BCUT2D eigenvalue weighted by molar-refractivity contribution is 5.98. The molecule has 4 nitrogen and oxygen atoms in total. The highest BCUT2D eigenvalue weighted by atomic mass is 19.1. The molecule has 1 N–H and O–H groups in total. The van der Waals surface area contributed by atoms with E-state index in [1.165, 1.54) is 0 Å². The minimum Gasteiger partial charge on any atom is -0.377 e. The summed E-state index contributed by atoms with van der Waals surface area (Å²) in [6.45, 7) is -0.0709. The van der Waals surface area contributed by atoms with E-state index in [1.807, 2.05) is 6.07 Å². The normalized spacial score (nSPS) is 16.8. The van der Waals surface area contributed by atoms with E-state index in [9.17, 15) is 13.6 Å². The molecule has 1 aromatic carbocycles. The molecule has 1 aliphatic rings. The maximum atomic E-state index is 13.2. The number of hydrogen-bond acceptors (Lipinski definition) is 3. The van der Waals surface area contributed by atoms with Gasteiger partial charge in [0.25, 0.3) is 0 Å². The van der Waals surface area contributed by atoms with Gasteiger partial charge in [-0.1, -0.05) is 0 Å². The Balaban J connectivity index is 2.19. The number of ether oxygens (including phenoxy) is 1. The van der Waals surface area contributed by atoms with Crippen LogP contribution in [0.15, 0.2) is 18.2 Å². The minimum absolute atomic E-state index is 0.0354. The summed E-state index contributed by atoms with van der Waals surface area (Å²) in [5, 5.41) is 11.0. The number of carbonyl (C=O) groups is 1.